The molecular weight excluding hydrogens is 498 g/mol. The first-order valence-electron chi connectivity index (χ1n) is 13.9. The molecule has 2 amide bonds. The van der Waals surface area contributed by atoms with E-state index in [1.54, 1.807) is 14.2 Å². The molecule has 0 aliphatic carbocycles. The Morgan fingerprint density at radius 2 is 1.67 bits per heavy atom. The lowest BCUT2D eigenvalue weighted by atomic mass is 9.60. The molecule has 0 saturated carbocycles. The molecule has 0 aliphatic rings. The number of methoxy groups -OCH3 is 2. The molecule has 224 valence electrons. The van der Waals surface area contributed by atoms with Crippen molar-refractivity contribution < 1.29 is 28.9 Å². The number of rotatable bonds is 19. The third-order valence-electron chi connectivity index (χ3n) is 8.02. The highest BCUT2D eigenvalue weighted by molar-refractivity contribution is 5.80. The van der Waals surface area contributed by atoms with Gasteiger partial charge < -0.3 is 36.5 Å². The lowest BCUT2D eigenvalue weighted by Gasteiger charge is -2.45. The Hall–Kier alpha value is -2.36. The van der Waals surface area contributed by atoms with Crippen LogP contribution in [0.2, 0.25) is 0 Å². The van der Waals surface area contributed by atoms with Crippen LogP contribution in [0.15, 0.2) is 18.2 Å². The standard InChI is InChI=1S/C30H53N3O6/c1-19(2)22(27(32)35)15-24(34)23(31)17-30(20(3)4,18-29(5,6)28(33)36)16-21-10-11-25(38-8)26(14-21)39-13-9-12-37-7/h10-11,14,19-20,22-24,34H,9,12-13,15-18,31H2,1-8H3,(H2,32,35)(H2,33,36)/t22?,23?,24?,30-/m1/s1. The van der Waals surface area contributed by atoms with Crippen molar-refractivity contribution in [2.24, 2.45) is 45.8 Å². The minimum absolute atomic E-state index is 0.0189. The van der Waals surface area contributed by atoms with Crippen LogP contribution in [0, 0.1) is 28.6 Å². The van der Waals surface area contributed by atoms with E-state index in [9.17, 15) is 14.7 Å². The second kappa shape index (κ2) is 15.4. The van der Waals surface area contributed by atoms with Gasteiger partial charge in [0, 0.05) is 37.5 Å². The quantitative estimate of drug-likeness (QED) is 0.192. The van der Waals surface area contributed by atoms with E-state index in [0.717, 1.165) is 12.0 Å². The van der Waals surface area contributed by atoms with Crippen molar-refractivity contribution in [2.75, 3.05) is 27.4 Å². The summed E-state index contributed by atoms with van der Waals surface area (Å²) in [5.41, 5.74) is 17.7. The maximum atomic E-state index is 12.4. The van der Waals surface area contributed by atoms with Crippen molar-refractivity contribution in [2.45, 2.75) is 85.8 Å². The number of amides is 2. The summed E-state index contributed by atoms with van der Waals surface area (Å²) in [6.07, 6.45) is 1.44. The fourth-order valence-electron chi connectivity index (χ4n) is 5.31. The molecule has 7 N–H and O–H groups in total. The molecule has 0 bridgehead atoms. The molecule has 0 aliphatic heterocycles. The number of nitrogens with two attached hydrogens (primary N) is 3. The van der Waals surface area contributed by atoms with Gasteiger partial charge in [-0.3, -0.25) is 9.59 Å². The molecule has 39 heavy (non-hydrogen) atoms. The summed E-state index contributed by atoms with van der Waals surface area (Å²) < 4.78 is 16.6. The minimum Gasteiger partial charge on any atom is -0.493 e. The number of primary amides is 2. The van der Waals surface area contributed by atoms with Gasteiger partial charge in [-0.1, -0.05) is 47.6 Å². The Kier molecular flexibility index (Phi) is 13.7. The van der Waals surface area contributed by atoms with Crippen LogP contribution in [0.25, 0.3) is 0 Å². The van der Waals surface area contributed by atoms with Crippen molar-refractivity contribution in [3.63, 3.8) is 0 Å². The summed E-state index contributed by atoms with van der Waals surface area (Å²) in [6.45, 7) is 12.8. The number of carbonyl (C=O) groups excluding carboxylic acids is 2. The normalized spacial score (nSPS) is 16.0. The predicted octanol–water partition coefficient (Wildman–Crippen LogP) is 3.42. The molecule has 0 heterocycles. The summed E-state index contributed by atoms with van der Waals surface area (Å²) >= 11 is 0. The van der Waals surface area contributed by atoms with Crippen LogP contribution in [0.3, 0.4) is 0 Å². The highest BCUT2D eigenvalue weighted by Crippen LogP contribution is 2.47. The zero-order chi connectivity index (χ0) is 30.0. The second-order valence-corrected chi connectivity index (χ2v) is 12.2. The van der Waals surface area contributed by atoms with E-state index in [-0.39, 0.29) is 18.3 Å². The first kappa shape index (κ1) is 34.7. The molecule has 1 aromatic carbocycles. The van der Waals surface area contributed by atoms with Gasteiger partial charge in [0.15, 0.2) is 11.5 Å². The van der Waals surface area contributed by atoms with E-state index >= 15 is 0 Å². The predicted molar refractivity (Wildman–Crippen MR) is 154 cm³/mol. The van der Waals surface area contributed by atoms with E-state index in [1.807, 2.05) is 45.9 Å². The number of aliphatic hydroxyl groups is 1. The van der Waals surface area contributed by atoms with Crippen LogP contribution >= 0.6 is 0 Å². The summed E-state index contributed by atoms with van der Waals surface area (Å²) in [4.78, 5) is 24.4. The molecule has 1 aromatic rings. The first-order chi connectivity index (χ1) is 18.1. The van der Waals surface area contributed by atoms with Crippen LogP contribution < -0.4 is 26.7 Å². The molecule has 9 nitrogen and oxygen atoms in total. The molecule has 0 saturated heterocycles. The molecule has 4 atom stereocenters. The topological polar surface area (TPSA) is 160 Å². The van der Waals surface area contributed by atoms with E-state index in [2.05, 4.69) is 13.8 Å². The molecule has 1 rings (SSSR count). The Morgan fingerprint density at radius 3 is 2.15 bits per heavy atom. The molecule has 9 heteroatoms. The molecule has 0 spiro atoms. The Morgan fingerprint density at radius 1 is 1.03 bits per heavy atom. The lowest BCUT2D eigenvalue weighted by molar-refractivity contribution is -0.129. The van der Waals surface area contributed by atoms with Crippen molar-refractivity contribution >= 4 is 11.8 Å². The van der Waals surface area contributed by atoms with Crippen LogP contribution in [-0.2, 0) is 20.7 Å². The second-order valence-electron chi connectivity index (χ2n) is 12.2. The number of carbonyl (C=O) groups is 2. The van der Waals surface area contributed by atoms with Crippen LogP contribution in [0.5, 0.6) is 11.5 Å². The molecule has 0 fully saturated rings. The highest BCUT2D eigenvalue weighted by Gasteiger charge is 2.44. The van der Waals surface area contributed by atoms with Gasteiger partial charge in [0.25, 0.3) is 0 Å². The van der Waals surface area contributed by atoms with Gasteiger partial charge in [-0.15, -0.1) is 0 Å². The maximum Gasteiger partial charge on any atom is 0.223 e. The van der Waals surface area contributed by atoms with Crippen LogP contribution in [0.1, 0.15) is 72.8 Å². The Balaban J connectivity index is 3.42. The van der Waals surface area contributed by atoms with Crippen LogP contribution in [0.4, 0.5) is 0 Å². The average Bonchev–Trinajstić information content (AvgIpc) is 2.84. The van der Waals surface area contributed by atoms with Gasteiger partial charge in [-0.2, -0.15) is 0 Å². The Bertz CT molecular complexity index is 920. The largest absolute Gasteiger partial charge is 0.493 e. The van der Waals surface area contributed by atoms with Gasteiger partial charge in [0.1, 0.15) is 0 Å². The van der Waals surface area contributed by atoms with Gasteiger partial charge in [0.2, 0.25) is 11.8 Å². The summed E-state index contributed by atoms with van der Waals surface area (Å²) in [7, 11) is 3.25. The van der Waals surface area contributed by atoms with Crippen molar-refractivity contribution in [1.29, 1.82) is 0 Å². The average molecular weight is 552 g/mol. The first-order valence-corrected chi connectivity index (χ1v) is 13.9. The zero-order valence-electron chi connectivity index (χ0n) is 25.3. The van der Waals surface area contributed by atoms with E-state index in [0.29, 0.717) is 44.0 Å². The molecular formula is C30H53N3O6. The summed E-state index contributed by atoms with van der Waals surface area (Å²) in [5, 5.41) is 11.1. The third-order valence-corrected chi connectivity index (χ3v) is 8.02. The summed E-state index contributed by atoms with van der Waals surface area (Å²) in [5.74, 6) is -0.00892. The number of hydrogen-bond acceptors (Lipinski definition) is 7. The van der Waals surface area contributed by atoms with Crippen molar-refractivity contribution in [1.82, 2.24) is 0 Å². The van der Waals surface area contributed by atoms with E-state index < -0.39 is 40.7 Å². The minimum atomic E-state index is -0.935. The zero-order valence-corrected chi connectivity index (χ0v) is 25.3. The number of ether oxygens (including phenoxy) is 3. The number of aliphatic hydroxyl groups excluding tert-OH is 1. The van der Waals surface area contributed by atoms with Crippen molar-refractivity contribution in [3.8, 4) is 11.5 Å². The van der Waals surface area contributed by atoms with Gasteiger partial charge in [0.05, 0.1) is 19.8 Å². The maximum absolute atomic E-state index is 12.4. The highest BCUT2D eigenvalue weighted by atomic mass is 16.5. The molecule has 3 unspecified atom stereocenters. The van der Waals surface area contributed by atoms with Gasteiger partial charge >= 0.3 is 0 Å². The molecule has 0 aromatic heterocycles. The fraction of sp³-hybridized carbons (Fsp3) is 0.733. The van der Waals surface area contributed by atoms with Gasteiger partial charge in [-0.05, 0) is 60.6 Å². The molecule has 0 radical (unpaired) electrons. The van der Waals surface area contributed by atoms with Crippen molar-refractivity contribution in [3.05, 3.63) is 23.8 Å². The van der Waals surface area contributed by atoms with E-state index in [4.69, 9.17) is 31.4 Å². The SMILES string of the molecule is COCCCOc1cc(C[C@@](CC(N)C(O)CC(C(N)=O)C(C)C)(CC(C)(C)C(N)=O)C(C)C)ccc1OC. The Labute approximate surface area is 235 Å². The number of hydrogen-bond donors (Lipinski definition) is 4. The van der Waals surface area contributed by atoms with Crippen LogP contribution in [-0.4, -0.2) is 56.5 Å². The number of benzene rings is 1. The monoisotopic (exact) mass is 551 g/mol. The third kappa shape index (κ3) is 10.3. The summed E-state index contributed by atoms with van der Waals surface area (Å²) in [6, 6.07) is 5.18. The van der Waals surface area contributed by atoms with E-state index in [1.165, 1.54) is 0 Å². The lowest BCUT2D eigenvalue weighted by Crippen LogP contribution is -2.48. The van der Waals surface area contributed by atoms with Gasteiger partial charge in [-0.25, -0.2) is 0 Å². The fourth-order valence-corrected chi connectivity index (χ4v) is 5.31. The smallest absolute Gasteiger partial charge is 0.223 e.